The van der Waals surface area contributed by atoms with Crippen LogP contribution in [-0.4, -0.2) is 17.8 Å². The van der Waals surface area contributed by atoms with Gasteiger partial charge in [-0.2, -0.15) is 0 Å². The number of hydrogen-bond donors (Lipinski definition) is 1. The Labute approximate surface area is 151 Å². The predicted octanol–water partition coefficient (Wildman–Crippen LogP) is 3.79. The van der Waals surface area contributed by atoms with Crippen LogP contribution >= 0.6 is 27.3 Å². The Bertz CT molecular complexity index is 887. The number of amides is 4. The number of thiophene rings is 1. The molecule has 0 spiro atoms. The van der Waals surface area contributed by atoms with Gasteiger partial charge < -0.3 is 0 Å². The van der Waals surface area contributed by atoms with Crippen LogP contribution in [0.4, 0.5) is 10.5 Å². The van der Waals surface area contributed by atoms with Gasteiger partial charge in [0.15, 0.2) is 0 Å². The molecule has 7 heteroatoms. The van der Waals surface area contributed by atoms with E-state index in [0.29, 0.717) is 10.2 Å². The highest BCUT2D eigenvalue weighted by molar-refractivity contribution is 9.10. The van der Waals surface area contributed by atoms with Crippen molar-refractivity contribution >= 4 is 56.9 Å². The summed E-state index contributed by atoms with van der Waals surface area (Å²) in [5, 5.41) is 4.07. The second kappa shape index (κ2) is 6.33. The van der Waals surface area contributed by atoms with Crippen molar-refractivity contribution < 1.29 is 14.4 Å². The van der Waals surface area contributed by atoms with Crippen molar-refractivity contribution in [2.45, 2.75) is 13.8 Å². The van der Waals surface area contributed by atoms with Gasteiger partial charge in [-0.15, -0.1) is 11.3 Å². The average Bonchev–Trinajstić information content (AvgIpc) is 3.01. The Balaban J connectivity index is 2.08. The van der Waals surface area contributed by atoms with E-state index < -0.39 is 17.8 Å². The smallest absolute Gasteiger partial charge is 0.273 e. The minimum atomic E-state index is -0.753. The van der Waals surface area contributed by atoms with E-state index in [4.69, 9.17) is 0 Å². The van der Waals surface area contributed by atoms with Crippen molar-refractivity contribution in [1.82, 2.24) is 5.32 Å². The molecule has 3 rings (SSSR count). The summed E-state index contributed by atoms with van der Waals surface area (Å²) in [6, 6.07) is 6.45. The number of anilines is 1. The van der Waals surface area contributed by atoms with Crippen molar-refractivity contribution in [2.75, 3.05) is 4.90 Å². The average molecular weight is 405 g/mol. The maximum atomic E-state index is 12.8. The number of nitrogens with one attached hydrogen (secondary N) is 1. The highest BCUT2D eigenvalue weighted by Gasteiger charge is 2.37. The molecule has 1 aromatic carbocycles. The molecule has 0 unspecified atom stereocenters. The number of barbiturate groups is 1. The van der Waals surface area contributed by atoms with Crippen molar-refractivity contribution in [2.24, 2.45) is 0 Å². The fraction of sp³-hybridized carbons (Fsp3) is 0.118. The third-order valence-electron chi connectivity index (χ3n) is 3.74. The molecular weight excluding hydrogens is 392 g/mol. The summed E-state index contributed by atoms with van der Waals surface area (Å²) in [5.41, 5.74) is 2.31. The summed E-state index contributed by atoms with van der Waals surface area (Å²) in [4.78, 5) is 38.8. The Morgan fingerprint density at radius 1 is 1.17 bits per heavy atom. The van der Waals surface area contributed by atoms with E-state index in [1.165, 1.54) is 17.4 Å². The first kappa shape index (κ1) is 16.6. The topological polar surface area (TPSA) is 66.5 Å². The maximum Gasteiger partial charge on any atom is 0.335 e. The van der Waals surface area contributed by atoms with Crippen molar-refractivity contribution in [3.05, 3.63) is 55.7 Å². The van der Waals surface area contributed by atoms with Crippen LogP contribution in [-0.2, 0) is 9.59 Å². The number of imide groups is 2. The second-order valence-electron chi connectivity index (χ2n) is 5.36. The molecule has 0 radical (unpaired) electrons. The lowest BCUT2D eigenvalue weighted by Crippen LogP contribution is -2.54. The van der Waals surface area contributed by atoms with Gasteiger partial charge in [0.05, 0.1) is 5.69 Å². The summed E-state index contributed by atoms with van der Waals surface area (Å²) < 4.78 is 0.610. The number of benzene rings is 1. The standard InChI is InChI=1S/C17H13BrN2O3S/c1-9-6-13(18)14(7-10(9)2)20-16(22)12(15(21)19-17(20)23)8-11-4-3-5-24-11/h3-8H,1-2H3,(H,19,21,23). The number of rotatable bonds is 2. The highest BCUT2D eigenvalue weighted by atomic mass is 79.9. The van der Waals surface area contributed by atoms with Crippen LogP contribution < -0.4 is 10.2 Å². The molecule has 1 N–H and O–H groups in total. The summed E-state index contributed by atoms with van der Waals surface area (Å²) in [6.07, 6.45) is 1.50. The molecule has 1 aromatic heterocycles. The van der Waals surface area contributed by atoms with Gasteiger partial charge in [-0.3, -0.25) is 14.9 Å². The molecule has 0 saturated carbocycles. The molecule has 1 fully saturated rings. The number of aryl methyl sites for hydroxylation is 2. The van der Waals surface area contributed by atoms with E-state index in [0.717, 1.165) is 20.9 Å². The highest BCUT2D eigenvalue weighted by Crippen LogP contribution is 2.32. The molecule has 1 aliphatic rings. The first-order valence-corrected chi connectivity index (χ1v) is 8.77. The Morgan fingerprint density at radius 3 is 2.54 bits per heavy atom. The summed E-state index contributed by atoms with van der Waals surface area (Å²) in [6.45, 7) is 3.83. The molecule has 1 saturated heterocycles. The summed E-state index contributed by atoms with van der Waals surface area (Å²) in [7, 11) is 0. The van der Waals surface area contributed by atoms with Crippen LogP contribution in [0.2, 0.25) is 0 Å². The summed E-state index contributed by atoms with van der Waals surface area (Å²) in [5.74, 6) is -1.32. The van der Waals surface area contributed by atoms with Crippen LogP contribution in [0.3, 0.4) is 0 Å². The van der Waals surface area contributed by atoms with Crippen molar-refractivity contribution in [1.29, 1.82) is 0 Å². The van der Waals surface area contributed by atoms with Gasteiger partial charge in [0.1, 0.15) is 5.57 Å². The van der Waals surface area contributed by atoms with Crippen LogP contribution in [0.25, 0.3) is 6.08 Å². The Hall–Kier alpha value is -2.25. The van der Waals surface area contributed by atoms with E-state index in [-0.39, 0.29) is 5.57 Å². The molecule has 4 amide bonds. The quantitative estimate of drug-likeness (QED) is 0.611. The Kier molecular flexibility index (Phi) is 4.38. The lowest BCUT2D eigenvalue weighted by molar-refractivity contribution is -0.122. The zero-order valence-corrected chi connectivity index (χ0v) is 15.3. The van der Waals surface area contributed by atoms with E-state index in [9.17, 15) is 14.4 Å². The lowest BCUT2D eigenvalue weighted by Gasteiger charge is -2.27. The van der Waals surface area contributed by atoms with Crippen molar-refractivity contribution in [3.63, 3.8) is 0 Å². The fourth-order valence-corrected chi connectivity index (χ4v) is 3.62. The fourth-order valence-electron chi connectivity index (χ4n) is 2.33. The molecule has 2 heterocycles. The minimum absolute atomic E-state index is 0.0674. The number of urea groups is 1. The van der Waals surface area contributed by atoms with Gasteiger partial charge in [-0.25, -0.2) is 9.69 Å². The van der Waals surface area contributed by atoms with Gasteiger partial charge >= 0.3 is 6.03 Å². The third-order valence-corrected chi connectivity index (χ3v) is 5.19. The predicted molar refractivity (Wildman–Crippen MR) is 96.9 cm³/mol. The van der Waals surface area contributed by atoms with Gasteiger partial charge in [0, 0.05) is 9.35 Å². The molecule has 0 aliphatic carbocycles. The van der Waals surface area contributed by atoms with E-state index in [1.807, 2.05) is 31.4 Å². The number of nitrogens with zero attached hydrogens (tertiary/aromatic N) is 1. The number of hydrogen-bond acceptors (Lipinski definition) is 4. The zero-order valence-electron chi connectivity index (χ0n) is 12.9. The SMILES string of the molecule is Cc1cc(Br)c(N2C(=O)NC(=O)C(=Cc3cccs3)C2=O)cc1C. The van der Waals surface area contributed by atoms with E-state index >= 15 is 0 Å². The molecule has 0 atom stereocenters. The van der Waals surface area contributed by atoms with E-state index in [1.54, 1.807) is 12.1 Å². The van der Waals surface area contributed by atoms with Gasteiger partial charge in [-0.05, 0) is 70.6 Å². The third kappa shape index (κ3) is 2.92. The molecule has 1 aliphatic heterocycles. The first-order valence-electron chi connectivity index (χ1n) is 7.10. The zero-order chi connectivity index (χ0) is 17.4. The molecule has 24 heavy (non-hydrogen) atoms. The first-order chi connectivity index (χ1) is 11.4. The van der Waals surface area contributed by atoms with Crippen LogP contribution in [0, 0.1) is 13.8 Å². The van der Waals surface area contributed by atoms with Gasteiger partial charge in [-0.1, -0.05) is 6.07 Å². The van der Waals surface area contributed by atoms with Crippen molar-refractivity contribution in [3.8, 4) is 0 Å². The van der Waals surface area contributed by atoms with E-state index in [2.05, 4.69) is 21.2 Å². The molecule has 122 valence electrons. The van der Waals surface area contributed by atoms with Crippen LogP contribution in [0.1, 0.15) is 16.0 Å². The molecule has 5 nitrogen and oxygen atoms in total. The summed E-state index contributed by atoms with van der Waals surface area (Å²) >= 11 is 4.80. The number of carbonyl (C=O) groups excluding carboxylic acids is 3. The van der Waals surface area contributed by atoms with Crippen LogP contribution in [0.15, 0.2) is 39.7 Å². The molecule has 2 aromatic rings. The van der Waals surface area contributed by atoms with Gasteiger partial charge in [0.25, 0.3) is 11.8 Å². The Morgan fingerprint density at radius 2 is 1.88 bits per heavy atom. The second-order valence-corrected chi connectivity index (χ2v) is 7.19. The monoisotopic (exact) mass is 404 g/mol. The minimum Gasteiger partial charge on any atom is -0.273 e. The largest absolute Gasteiger partial charge is 0.335 e. The number of halogens is 1. The lowest BCUT2D eigenvalue weighted by atomic mass is 10.1. The number of carbonyl (C=O) groups is 3. The molecule has 0 bridgehead atoms. The molecular formula is C17H13BrN2O3S. The normalized spacial score (nSPS) is 16.7. The maximum absolute atomic E-state index is 12.8. The van der Waals surface area contributed by atoms with Crippen LogP contribution in [0.5, 0.6) is 0 Å². The van der Waals surface area contributed by atoms with Gasteiger partial charge in [0.2, 0.25) is 0 Å².